The minimum Gasteiger partial charge on any atom is -0.354 e. The number of hydrogen-bond donors (Lipinski definition) is 2. The molecule has 1 rings (SSSR count). The van der Waals surface area contributed by atoms with Crippen LogP contribution in [0.2, 0.25) is 0 Å². The third-order valence-electron chi connectivity index (χ3n) is 2.41. The zero-order valence-electron chi connectivity index (χ0n) is 10.8. The highest BCUT2D eigenvalue weighted by molar-refractivity contribution is 9.11. The van der Waals surface area contributed by atoms with E-state index in [9.17, 15) is 9.59 Å². The number of halogens is 2. The first-order valence-corrected chi connectivity index (χ1v) is 7.51. The van der Waals surface area contributed by atoms with E-state index >= 15 is 0 Å². The van der Waals surface area contributed by atoms with E-state index in [0.717, 1.165) is 8.95 Å². The van der Waals surface area contributed by atoms with E-state index in [4.69, 9.17) is 0 Å². The van der Waals surface area contributed by atoms with Crippen LogP contribution < -0.4 is 10.6 Å². The Balaban J connectivity index is 2.41. The van der Waals surface area contributed by atoms with Crippen molar-refractivity contribution in [2.24, 2.45) is 5.92 Å². The quantitative estimate of drug-likeness (QED) is 0.758. The normalized spacial score (nSPS) is 10.4. The summed E-state index contributed by atoms with van der Waals surface area (Å²) in [6, 6.07) is 5.35. The Hall–Kier alpha value is -0.880. The number of amides is 2. The van der Waals surface area contributed by atoms with Crippen molar-refractivity contribution < 1.29 is 9.59 Å². The van der Waals surface area contributed by atoms with Gasteiger partial charge < -0.3 is 10.6 Å². The summed E-state index contributed by atoms with van der Waals surface area (Å²) in [4.78, 5) is 23.2. The van der Waals surface area contributed by atoms with Crippen molar-refractivity contribution >= 4 is 43.7 Å². The maximum absolute atomic E-state index is 11.9. The first-order chi connectivity index (χ1) is 8.91. The van der Waals surface area contributed by atoms with Crippen molar-refractivity contribution in [2.75, 3.05) is 13.1 Å². The predicted molar refractivity (Wildman–Crippen MR) is 82.0 cm³/mol. The molecule has 4 nitrogen and oxygen atoms in total. The summed E-state index contributed by atoms with van der Waals surface area (Å²) in [7, 11) is 0. The van der Waals surface area contributed by atoms with Crippen LogP contribution in [-0.4, -0.2) is 24.9 Å². The first kappa shape index (κ1) is 16.2. The van der Waals surface area contributed by atoms with Gasteiger partial charge in [0.2, 0.25) is 5.91 Å². The van der Waals surface area contributed by atoms with Crippen molar-refractivity contribution in [2.45, 2.75) is 13.8 Å². The second-order valence-electron chi connectivity index (χ2n) is 4.33. The standard InChI is InChI=1S/C13H16Br2N2O2/c1-8(2)12(18)16-5-6-17-13(19)10-4-3-9(14)7-11(10)15/h3-4,7-8H,5-6H2,1-2H3,(H,16,18)(H,17,19). The Morgan fingerprint density at radius 1 is 1.16 bits per heavy atom. The molecular weight excluding hydrogens is 376 g/mol. The molecule has 0 saturated heterocycles. The van der Waals surface area contributed by atoms with Gasteiger partial charge in [-0.25, -0.2) is 0 Å². The average Bonchev–Trinajstić information content (AvgIpc) is 2.33. The lowest BCUT2D eigenvalue weighted by atomic mass is 10.2. The van der Waals surface area contributed by atoms with E-state index in [-0.39, 0.29) is 17.7 Å². The Bertz CT molecular complexity index is 476. The summed E-state index contributed by atoms with van der Waals surface area (Å²) in [5, 5.41) is 5.49. The third-order valence-corrected chi connectivity index (χ3v) is 3.56. The molecule has 2 N–H and O–H groups in total. The van der Waals surface area contributed by atoms with E-state index in [1.807, 2.05) is 19.9 Å². The van der Waals surface area contributed by atoms with Gasteiger partial charge in [0.1, 0.15) is 0 Å². The predicted octanol–water partition coefficient (Wildman–Crippen LogP) is 2.71. The summed E-state index contributed by atoms with van der Waals surface area (Å²) < 4.78 is 1.63. The summed E-state index contributed by atoms with van der Waals surface area (Å²) in [5.74, 6) is -0.228. The van der Waals surface area contributed by atoms with Crippen LogP contribution in [0, 0.1) is 5.92 Å². The van der Waals surface area contributed by atoms with E-state index in [0.29, 0.717) is 18.7 Å². The van der Waals surface area contributed by atoms with Gasteiger partial charge in [0.15, 0.2) is 0 Å². The van der Waals surface area contributed by atoms with E-state index in [2.05, 4.69) is 42.5 Å². The second-order valence-corrected chi connectivity index (χ2v) is 6.10. The van der Waals surface area contributed by atoms with Crippen molar-refractivity contribution in [3.63, 3.8) is 0 Å². The lowest BCUT2D eigenvalue weighted by Gasteiger charge is -2.09. The number of nitrogens with one attached hydrogen (secondary N) is 2. The molecule has 0 radical (unpaired) electrons. The number of benzene rings is 1. The first-order valence-electron chi connectivity index (χ1n) is 5.92. The molecule has 0 atom stereocenters. The van der Waals surface area contributed by atoms with Gasteiger partial charge in [-0.15, -0.1) is 0 Å². The number of carbonyl (C=O) groups excluding carboxylic acids is 2. The topological polar surface area (TPSA) is 58.2 Å². The Labute approximate surface area is 129 Å². The number of carbonyl (C=O) groups is 2. The van der Waals surface area contributed by atoms with Crippen molar-refractivity contribution in [3.05, 3.63) is 32.7 Å². The Kier molecular flexibility index (Phi) is 6.51. The van der Waals surface area contributed by atoms with E-state index < -0.39 is 0 Å². The molecule has 0 spiro atoms. The van der Waals surface area contributed by atoms with Gasteiger partial charge in [-0.2, -0.15) is 0 Å². The Morgan fingerprint density at radius 2 is 1.79 bits per heavy atom. The summed E-state index contributed by atoms with van der Waals surface area (Å²) >= 11 is 6.67. The van der Waals surface area contributed by atoms with Gasteiger partial charge in [0.05, 0.1) is 5.56 Å². The van der Waals surface area contributed by atoms with E-state index in [1.165, 1.54) is 0 Å². The van der Waals surface area contributed by atoms with Crippen LogP contribution in [0.5, 0.6) is 0 Å². The molecule has 1 aromatic rings. The minimum absolute atomic E-state index is 0.0147. The van der Waals surface area contributed by atoms with Crippen LogP contribution >= 0.6 is 31.9 Å². The van der Waals surface area contributed by atoms with E-state index in [1.54, 1.807) is 12.1 Å². The van der Waals surface area contributed by atoms with Crippen LogP contribution in [0.4, 0.5) is 0 Å². The summed E-state index contributed by atoms with van der Waals surface area (Å²) in [6.07, 6.45) is 0. The zero-order valence-corrected chi connectivity index (χ0v) is 14.0. The lowest BCUT2D eigenvalue weighted by Crippen LogP contribution is -2.36. The molecule has 6 heteroatoms. The summed E-state index contributed by atoms with van der Waals surface area (Å²) in [6.45, 7) is 4.48. The molecule has 2 amide bonds. The van der Waals surface area contributed by atoms with Gasteiger partial charge in [0.25, 0.3) is 5.91 Å². The Morgan fingerprint density at radius 3 is 2.37 bits per heavy atom. The van der Waals surface area contributed by atoms with Crippen LogP contribution in [0.15, 0.2) is 27.1 Å². The maximum Gasteiger partial charge on any atom is 0.252 e. The molecule has 0 heterocycles. The molecular formula is C13H16Br2N2O2. The second kappa shape index (κ2) is 7.65. The molecule has 0 aliphatic carbocycles. The number of hydrogen-bond acceptors (Lipinski definition) is 2. The zero-order chi connectivity index (χ0) is 14.4. The highest BCUT2D eigenvalue weighted by atomic mass is 79.9. The van der Waals surface area contributed by atoms with Gasteiger partial charge in [-0.1, -0.05) is 29.8 Å². The van der Waals surface area contributed by atoms with Crippen molar-refractivity contribution in [1.29, 1.82) is 0 Å². The van der Waals surface area contributed by atoms with Crippen LogP contribution in [0.25, 0.3) is 0 Å². The molecule has 0 fully saturated rings. The molecule has 0 aliphatic rings. The highest BCUT2D eigenvalue weighted by Gasteiger charge is 2.10. The number of rotatable bonds is 5. The van der Waals surface area contributed by atoms with Gasteiger partial charge in [-0.05, 0) is 34.1 Å². The molecule has 0 aromatic heterocycles. The smallest absolute Gasteiger partial charge is 0.252 e. The third kappa shape index (κ3) is 5.32. The highest BCUT2D eigenvalue weighted by Crippen LogP contribution is 2.21. The lowest BCUT2D eigenvalue weighted by molar-refractivity contribution is -0.123. The van der Waals surface area contributed by atoms with Gasteiger partial charge in [0, 0.05) is 28.0 Å². The van der Waals surface area contributed by atoms with Crippen LogP contribution in [0.3, 0.4) is 0 Å². The van der Waals surface area contributed by atoms with Gasteiger partial charge in [-0.3, -0.25) is 9.59 Å². The largest absolute Gasteiger partial charge is 0.354 e. The van der Waals surface area contributed by atoms with Gasteiger partial charge >= 0.3 is 0 Å². The molecule has 104 valence electrons. The van der Waals surface area contributed by atoms with Crippen molar-refractivity contribution in [3.8, 4) is 0 Å². The fourth-order valence-electron chi connectivity index (χ4n) is 1.33. The fraction of sp³-hybridized carbons (Fsp3) is 0.385. The monoisotopic (exact) mass is 390 g/mol. The van der Waals surface area contributed by atoms with Crippen molar-refractivity contribution in [1.82, 2.24) is 10.6 Å². The molecule has 0 bridgehead atoms. The minimum atomic E-state index is -0.168. The molecule has 0 aliphatic heterocycles. The van der Waals surface area contributed by atoms with Crippen LogP contribution in [0.1, 0.15) is 24.2 Å². The molecule has 0 unspecified atom stereocenters. The van der Waals surface area contributed by atoms with Crippen LogP contribution in [-0.2, 0) is 4.79 Å². The summed E-state index contributed by atoms with van der Waals surface area (Å²) in [5.41, 5.74) is 0.568. The molecule has 1 aromatic carbocycles. The SMILES string of the molecule is CC(C)C(=O)NCCNC(=O)c1ccc(Br)cc1Br. The fourth-order valence-corrected chi connectivity index (χ4v) is 2.56. The molecule has 19 heavy (non-hydrogen) atoms. The molecule has 0 saturated carbocycles. The average molecular weight is 392 g/mol. The maximum atomic E-state index is 11.9.